The molecular formula is C130H84. The summed E-state index contributed by atoms with van der Waals surface area (Å²) in [6.07, 6.45) is 0. The predicted octanol–water partition coefficient (Wildman–Crippen LogP) is 36.5. The van der Waals surface area contributed by atoms with Gasteiger partial charge in [-0.25, -0.2) is 0 Å². The summed E-state index contributed by atoms with van der Waals surface area (Å²) >= 11 is 0. The first-order valence-corrected chi connectivity index (χ1v) is 45.1. The van der Waals surface area contributed by atoms with Crippen LogP contribution in [0.4, 0.5) is 0 Å². The van der Waals surface area contributed by atoms with E-state index in [4.69, 9.17) is 0 Å². The molecule has 0 spiro atoms. The Balaban J connectivity index is 0.000000144. The van der Waals surface area contributed by atoms with Gasteiger partial charge in [0, 0.05) is 0 Å². The molecule has 0 amide bonds. The Morgan fingerprint density at radius 2 is 0.285 bits per heavy atom. The van der Waals surface area contributed by atoms with E-state index in [2.05, 4.69) is 510 Å². The van der Waals surface area contributed by atoms with Gasteiger partial charge in [0.2, 0.25) is 0 Å². The second-order valence-electron chi connectivity index (χ2n) is 34.3. The summed E-state index contributed by atoms with van der Waals surface area (Å²) in [6.45, 7) is 0. The highest BCUT2D eigenvalue weighted by molar-refractivity contribution is 6.33. The molecule has 604 valence electrons. The molecule has 0 heteroatoms. The molecule has 0 unspecified atom stereocenters. The lowest BCUT2D eigenvalue weighted by atomic mass is 9.81. The fourth-order valence-corrected chi connectivity index (χ4v) is 20.7. The van der Waals surface area contributed by atoms with Crippen LogP contribution in [0.5, 0.6) is 0 Å². The van der Waals surface area contributed by atoms with Gasteiger partial charge in [-0.2, -0.15) is 0 Å². The maximum atomic E-state index is 2.49. The molecule has 0 aliphatic heterocycles. The third-order valence-electron chi connectivity index (χ3n) is 27.0. The van der Waals surface area contributed by atoms with Crippen molar-refractivity contribution in [2.24, 2.45) is 0 Å². The monoisotopic (exact) mass is 1640 g/mol. The molecule has 0 radical (unpaired) electrons. The molecule has 0 saturated carbocycles. The van der Waals surface area contributed by atoms with Gasteiger partial charge in [-0.3, -0.25) is 0 Å². The second-order valence-corrected chi connectivity index (χ2v) is 34.3. The Morgan fingerprint density at radius 1 is 0.0769 bits per heavy atom. The largest absolute Gasteiger partial charge is 0.0622 e. The van der Waals surface area contributed by atoms with E-state index < -0.39 is 0 Å². The van der Waals surface area contributed by atoms with Gasteiger partial charge in [0.1, 0.15) is 0 Å². The Bertz CT molecular complexity index is 8530. The van der Waals surface area contributed by atoms with E-state index >= 15 is 0 Å². The van der Waals surface area contributed by atoms with Crippen molar-refractivity contribution in [3.8, 4) is 167 Å². The summed E-state index contributed by atoms with van der Waals surface area (Å²) in [7, 11) is 0. The van der Waals surface area contributed by atoms with Crippen LogP contribution in [-0.2, 0) is 0 Å². The SMILES string of the molecule is c1ccc(-c2ccc(-c3ccccc3-c3ccc4ccc5c(-c6ccccc6-c6ccc(-c7ccccc7)cc6)cc(-c6cc7ccccc7c7ccccc67)c6ccc3c4c56)cc2)cc1.c1ccc(-c2ccc(-c3ccccc3-c3ccc4ccc5c(-c6ccccc6-c6ccc(-c7ccccc7)cc6)cc(-c6ccc(-c7ccccc7)cc6)c6ccc3c4c65)cc2)cc1. The molecule has 0 aliphatic rings. The third-order valence-corrected chi connectivity index (χ3v) is 27.0. The van der Waals surface area contributed by atoms with Crippen molar-refractivity contribution in [2.75, 3.05) is 0 Å². The number of hydrogen-bond acceptors (Lipinski definition) is 0. The number of fused-ring (bicyclic) bond motifs is 3. The average Bonchev–Trinajstić information content (AvgIpc) is 0.707. The zero-order valence-electron chi connectivity index (χ0n) is 71.5. The van der Waals surface area contributed by atoms with E-state index in [0.29, 0.717) is 0 Å². The van der Waals surface area contributed by atoms with Crippen molar-refractivity contribution in [1.82, 2.24) is 0 Å². The molecular weight excluding hydrogens is 1560 g/mol. The van der Waals surface area contributed by atoms with Crippen LogP contribution in [0.15, 0.2) is 510 Å². The minimum Gasteiger partial charge on any atom is -0.0622 e. The van der Waals surface area contributed by atoms with Crippen molar-refractivity contribution >= 4 is 86.2 Å². The second kappa shape index (κ2) is 32.9. The maximum Gasteiger partial charge on any atom is -0.00141 e. The van der Waals surface area contributed by atoms with Crippen LogP contribution in [0.3, 0.4) is 0 Å². The van der Waals surface area contributed by atoms with Gasteiger partial charge in [-0.05, 0) is 271 Å². The highest BCUT2D eigenvalue weighted by atomic mass is 14.3. The lowest BCUT2D eigenvalue weighted by Crippen LogP contribution is -1.95. The van der Waals surface area contributed by atoms with E-state index in [1.165, 1.54) is 253 Å². The molecule has 0 fully saturated rings. The van der Waals surface area contributed by atoms with Crippen molar-refractivity contribution in [2.45, 2.75) is 0 Å². The summed E-state index contributed by atoms with van der Waals surface area (Å²) < 4.78 is 0. The lowest BCUT2D eigenvalue weighted by molar-refractivity contribution is 1.57. The van der Waals surface area contributed by atoms with E-state index in [9.17, 15) is 0 Å². The smallest absolute Gasteiger partial charge is 0.00141 e. The molecule has 25 aromatic carbocycles. The molecule has 130 heavy (non-hydrogen) atoms. The lowest BCUT2D eigenvalue weighted by Gasteiger charge is -2.22. The molecule has 0 nitrogen and oxygen atoms in total. The van der Waals surface area contributed by atoms with Crippen molar-refractivity contribution in [3.05, 3.63) is 510 Å². The number of benzene rings is 25. The molecule has 0 bridgehead atoms. The standard InChI is InChI=1S/C66H42.C64H42/c1-3-15-43(16-4-1)45-27-31-47(32-28-45)51-20-9-11-23-54(51)58-37-35-49-36-38-60-63(56-25-12-10-21-52(56)48-33-29-46(30-34-48)44-17-5-2-6-18-44)42-64(61-40-39-59(58)65(49)66(60)61)62-41-50-19-7-8-22-53(50)55-24-13-14-26-57(55)62;1-4-14-43(15-5-1)46-24-30-49(31-25-46)53-20-10-12-22-55(53)57-38-36-52-37-39-60-62(56-23-13-11-21-54(56)50-32-26-47(27-33-50)44-16-6-2-7-17-44)42-61(59-41-40-58(57)63(52)64(59)60)51-34-28-48(29-35-51)45-18-8-3-9-19-45/h1-42H;1-42H. The average molecular weight is 1650 g/mol. The first-order chi connectivity index (χ1) is 64.5. The Hall–Kier alpha value is -16.9. The first-order valence-electron chi connectivity index (χ1n) is 45.1. The first kappa shape index (κ1) is 76.7. The summed E-state index contributed by atoms with van der Waals surface area (Å²) in [5.74, 6) is 0. The van der Waals surface area contributed by atoms with Crippen LogP contribution in [0.1, 0.15) is 0 Å². The van der Waals surface area contributed by atoms with Gasteiger partial charge in [0.25, 0.3) is 0 Å². The third kappa shape index (κ3) is 13.7. The Morgan fingerprint density at radius 3 is 0.623 bits per heavy atom. The molecule has 0 aliphatic carbocycles. The normalized spacial score (nSPS) is 11.5. The van der Waals surface area contributed by atoms with Crippen molar-refractivity contribution < 1.29 is 0 Å². The van der Waals surface area contributed by atoms with Crippen molar-refractivity contribution in [3.63, 3.8) is 0 Å². The summed E-state index contributed by atoms with van der Waals surface area (Å²) in [4.78, 5) is 0. The quantitative estimate of drug-likeness (QED) is 0.0898. The maximum absolute atomic E-state index is 2.49. The van der Waals surface area contributed by atoms with E-state index in [-0.39, 0.29) is 0 Å². The fraction of sp³-hybridized carbons (Fsp3) is 0. The molecule has 25 rings (SSSR count). The van der Waals surface area contributed by atoms with Gasteiger partial charge in [0.15, 0.2) is 0 Å². The van der Waals surface area contributed by atoms with E-state index in [0.717, 1.165) is 0 Å². The zero-order valence-corrected chi connectivity index (χ0v) is 71.5. The molecule has 0 N–H and O–H groups in total. The van der Waals surface area contributed by atoms with Crippen LogP contribution in [0, 0.1) is 0 Å². The van der Waals surface area contributed by atoms with Crippen LogP contribution in [-0.4, -0.2) is 0 Å². The van der Waals surface area contributed by atoms with Crippen LogP contribution >= 0.6 is 0 Å². The summed E-state index contributed by atoms with van der Waals surface area (Å²) in [6, 6.07) is 188. The molecule has 0 atom stereocenters. The predicted molar refractivity (Wildman–Crippen MR) is 557 cm³/mol. The molecule has 0 saturated heterocycles. The zero-order chi connectivity index (χ0) is 86.0. The fourth-order valence-electron chi connectivity index (χ4n) is 20.7. The van der Waals surface area contributed by atoms with Gasteiger partial charge >= 0.3 is 0 Å². The van der Waals surface area contributed by atoms with Gasteiger partial charge < -0.3 is 0 Å². The highest BCUT2D eigenvalue weighted by Crippen LogP contribution is 2.53. The Labute approximate surface area is 757 Å². The molecule has 0 aromatic heterocycles. The van der Waals surface area contributed by atoms with Gasteiger partial charge in [-0.1, -0.05) is 491 Å². The van der Waals surface area contributed by atoms with Crippen LogP contribution < -0.4 is 0 Å². The number of hydrogen-bond donors (Lipinski definition) is 0. The van der Waals surface area contributed by atoms with E-state index in [1.54, 1.807) is 0 Å². The molecule has 0 heterocycles. The minimum atomic E-state index is 1.20. The van der Waals surface area contributed by atoms with Gasteiger partial charge in [-0.15, -0.1) is 0 Å². The highest BCUT2D eigenvalue weighted by Gasteiger charge is 2.26. The van der Waals surface area contributed by atoms with Crippen LogP contribution in [0.25, 0.3) is 253 Å². The molecule has 25 aromatic rings. The van der Waals surface area contributed by atoms with Gasteiger partial charge in [0.05, 0.1) is 0 Å². The van der Waals surface area contributed by atoms with Crippen LogP contribution in [0.2, 0.25) is 0 Å². The van der Waals surface area contributed by atoms with Crippen molar-refractivity contribution in [1.29, 1.82) is 0 Å². The topological polar surface area (TPSA) is 0 Å². The Kier molecular flexibility index (Phi) is 19.4. The summed E-state index contributed by atoms with van der Waals surface area (Å²) in [5, 5.41) is 20.3. The van der Waals surface area contributed by atoms with E-state index in [1.807, 2.05) is 0 Å². The summed E-state index contributed by atoms with van der Waals surface area (Å²) in [5.41, 5.74) is 36.7. The number of rotatable bonds is 15. The minimum absolute atomic E-state index is 1.20.